The van der Waals surface area contributed by atoms with Gasteiger partial charge in [-0.05, 0) is 17.7 Å². The molecule has 0 radical (unpaired) electrons. The van der Waals surface area contributed by atoms with Gasteiger partial charge < -0.3 is 4.74 Å². The second-order valence-corrected chi connectivity index (χ2v) is 5.96. The number of aromatic nitrogens is 1. The molecule has 9 heteroatoms. The van der Waals surface area contributed by atoms with Crippen LogP contribution in [0, 0.1) is 17.5 Å². The number of pyridine rings is 1. The van der Waals surface area contributed by atoms with Crippen molar-refractivity contribution in [1.29, 1.82) is 0 Å². The summed E-state index contributed by atoms with van der Waals surface area (Å²) in [6.45, 7) is -0.195. The van der Waals surface area contributed by atoms with E-state index in [0.717, 1.165) is 0 Å². The van der Waals surface area contributed by atoms with Gasteiger partial charge in [0.2, 0.25) is 15.9 Å². The van der Waals surface area contributed by atoms with Crippen LogP contribution in [0.4, 0.5) is 13.2 Å². The maximum atomic E-state index is 13.5. The minimum atomic E-state index is -4.34. The van der Waals surface area contributed by atoms with Gasteiger partial charge in [-0.25, -0.2) is 31.3 Å². The normalized spacial score (nSPS) is 11.5. The number of sulfonamides is 1. The maximum absolute atomic E-state index is 13.5. The lowest BCUT2D eigenvalue weighted by molar-refractivity contribution is 0.397. The van der Waals surface area contributed by atoms with Crippen LogP contribution in [0.25, 0.3) is 0 Å². The summed E-state index contributed by atoms with van der Waals surface area (Å²) in [5.74, 6) is -4.02. The van der Waals surface area contributed by atoms with Crippen molar-refractivity contribution in [3.8, 4) is 5.88 Å². The number of methoxy groups -OCH3 is 1. The second kappa shape index (κ2) is 6.32. The Morgan fingerprint density at radius 3 is 2.50 bits per heavy atom. The summed E-state index contributed by atoms with van der Waals surface area (Å²) >= 11 is 0. The molecule has 1 aromatic heterocycles. The van der Waals surface area contributed by atoms with E-state index in [-0.39, 0.29) is 18.5 Å². The second-order valence-electron chi connectivity index (χ2n) is 4.23. The van der Waals surface area contributed by atoms with E-state index in [1.54, 1.807) is 0 Å². The number of nitrogens with one attached hydrogen (secondary N) is 1. The Labute approximate surface area is 124 Å². The minimum Gasteiger partial charge on any atom is -0.481 e. The molecule has 22 heavy (non-hydrogen) atoms. The largest absolute Gasteiger partial charge is 0.481 e. The van der Waals surface area contributed by atoms with Gasteiger partial charge in [0.25, 0.3) is 0 Å². The van der Waals surface area contributed by atoms with E-state index < -0.39 is 32.4 Å². The first-order valence-corrected chi connectivity index (χ1v) is 7.45. The van der Waals surface area contributed by atoms with Gasteiger partial charge in [0.1, 0.15) is 10.7 Å². The SMILES string of the molecule is COc1cc(CNS(=O)(=O)c2cc(F)c(F)cc2F)ccn1. The zero-order valence-corrected chi connectivity index (χ0v) is 12.1. The van der Waals surface area contributed by atoms with Gasteiger partial charge in [-0.15, -0.1) is 0 Å². The minimum absolute atomic E-state index is 0.180. The Hall–Kier alpha value is -2.13. The number of rotatable bonds is 5. The van der Waals surface area contributed by atoms with Crippen LogP contribution in [0.3, 0.4) is 0 Å². The van der Waals surface area contributed by atoms with E-state index in [9.17, 15) is 21.6 Å². The third-order valence-corrected chi connectivity index (χ3v) is 4.16. The molecule has 0 aliphatic rings. The lowest BCUT2D eigenvalue weighted by Gasteiger charge is -2.09. The molecular formula is C13H11F3N2O3S. The standard InChI is InChI=1S/C13H11F3N2O3S/c1-21-13-4-8(2-3-17-13)7-18-22(19,20)12-6-10(15)9(14)5-11(12)16/h2-6,18H,7H2,1H3. The molecule has 118 valence electrons. The number of hydrogen-bond acceptors (Lipinski definition) is 4. The van der Waals surface area contributed by atoms with Crippen molar-refractivity contribution in [1.82, 2.24) is 9.71 Å². The smallest absolute Gasteiger partial charge is 0.243 e. The molecule has 0 saturated carbocycles. The lowest BCUT2D eigenvalue weighted by Crippen LogP contribution is -2.24. The van der Waals surface area contributed by atoms with Gasteiger partial charge in [0, 0.05) is 24.9 Å². The highest BCUT2D eigenvalue weighted by Crippen LogP contribution is 2.19. The number of halogens is 3. The molecule has 0 unspecified atom stereocenters. The highest BCUT2D eigenvalue weighted by molar-refractivity contribution is 7.89. The van der Waals surface area contributed by atoms with Crippen LogP contribution in [0.15, 0.2) is 35.4 Å². The zero-order chi connectivity index (χ0) is 16.3. The van der Waals surface area contributed by atoms with E-state index in [4.69, 9.17) is 4.74 Å². The maximum Gasteiger partial charge on any atom is 0.243 e. The van der Waals surface area contributed by atoms with Crippen LogP contribution in [0.2, 0.25) is 0 Å². The van der Waals surface area contributed by atoms with Gasteiger partial charge in [-0.1, -0.05) is 0 Å². The van der Waals surface area contributed by atoms with E-state index in [0.29, 0.717) is 11.6 Å². The molecule has 0 fully saturated rings. The van der Waals surface area contributed by atoms with Gasteiger partial charge in [-0.2, -0.15) is 0 Å². The molecule has 2 rings (SSSR count). The van der Waals surface area contributed by atoms with E-state index in [1.807, 2.05) is 0 Å². The molecule has 2 aromatic rings. The average Bonchev–Trinajstić information content (AvgIpc) is 2.49. The van der Waals surface area contributed by atoms with Crippen molar-refractivity contribution in [2.45, 2.75) is 11.4 Å². The van der Waals surface area contributed by atoms with Gasteiger partial charge in [0.05, 0.1) is 7.11 Å². The molecule has 0 spiro atoms. The molecule has 1 aromatic carbocycles. The summed E-state index contributed by atoms with van der Waals surface area (Å²) < 4.78 is 70.3. The van der Waals surface area contributed by atoms with Crippen molar-refractivity contribution in [3.63, 3.8) is 0 Å². The summed E-state index contributed by atoms with van der Waals surface area (Å²) in [5.41, 5.74) is 0.499. The molecule has 1 heterocycles. The third-order valence-electron chi connectivity index (χ3n) is 2.74. The lowest BCUT2D eigenvalue weighted by atomic mass is 10.3. The summed E-state index contributed by atoms with van der Waals surface area (Å²) in [7, 11) is -2.95. The molecule has 0 amide bonds. The van der Waals surface area contributed by atoms with Crippen LogP contribution in [0.5, 0.6) is 5.88 Å². The fourth-order valence-corrected chi connectivity index (χ4v) is 2.72. The zero-order valence-electron chi connectivity index (χ0n) is 11.3. The average molecular weight is 332 g/mol. The molecule has 0 saturated heterocycles. The quantitative estimate of drug-likeness (QED) is 0.850. The molecular weight excluding hydrogens is 321 g/mol. The van der Waals surface area contributed by atoms with Crippen molar-refractivity contribution >= 4 is 10.0 Å². The fourth-order valence-electron chi connectivity index (χ4n) is 1.64. The fraction of sp³-hybridized carbons (Fsp3) is 0.154. The predicted molar refractivity (Wildman–Crippen MR) is 71.1 cm³/mol. The monoisotopic (exact) mass is 332 g/mol. The summed E-state index contributed by atoms with van der Waals surface area (Å²) in [6.07, 6.45) is 1.40. The van der Waals surface area contributed by atoms with Crippen LogP contribution in [0.1, 0.15) is 5.56 Å². The van der Waals surface area contributed by atoms with Crippen LogP contribution in [-0.2, 0) is 16.6 Å². The molecule has 1 N–H and O–H groups in total. The van der Waals surface area contributed by atoms with Gasteiger partial charge in [-0.3, -0.25) is 0 Å². The first-order valence-electron chi connectivity index (χ1n) is 5.96. The van der Waals surface area contributed by atoms with Crippen molar-refractivity contribution in [2.24, 2.45) is 0 Å². The number of ether oxygens (including phenoxy) is 1. The number of hydrogen-bond donors (Lipinski definition) is 1. The van der Waals surface area contributed by atoms with Gasteiger partial charge >= 0.3 is 0 Å². The van der Waals surface area contributed by atoms with Crippen molar-refractivity contribution in [3.05, 3.63) is 53.5 Å². The van der Waals surface area contributed by atoms with Crippen molar-refractivity contribution < 1.29 is 26.3 Å². The molecule has 0 atom stereocenters. The van der Waals surface area contributed by atoms with Crippen LogP contribution >= 0.6 is 0 Å². The Kier molecular flexibility index (Phi) is 4.67. The molecule has 0 bridgehead atoms. The highest BCUT2D eigenvalue weighted by Gasteiger charge is 2.22. The Morgan fingerprint density at radius 2 is 1.82 bits per heavy atom. The predicted octanol–water partition coefficient (Wildman–Crippen LogP) is 1.99. The first-order chi connectivity index (χ1) is 10.3. The van der Waals surface area contributed by atoms with Crippen LogP contribution in [-0.4, -0.2) is 20.5 Å². The molecule has 0 aliphatic carbocycles. The Bertz CT molecular complexity index is 797. The topological polar surface area (TPSA) is 68.3 Å². The van der Waals surface area contributed by atoms with Gasteiger partial charge in [0.15, 0.2) is 11.6 Å². The number of benzene rings is 1. The summed E-state index contributed by atoms with van der Waals surface area (Å²) in [6, 6.07) is 3.47. The highest BCUT2D eigenvalue weighted by atomic mass is 32.2. The van der Waals surface area contributed by atoms with E-state index in [1.165, 1.54) is 25.4 Å². The van der Waals surface area contributed by atoms with E-state index in [2.05, 4.69) is 9.71 Å². The Balaban J connectivity index is 2.23. The third kappa shape index (κ3) is 3.55. The first kappa shape index (κ1) is 16.2. The molecule has 0 aliphatic heterocycles. The molecule has 5 nitrogen and oxygen atoms in total. The summed E-state index contributed by atoms with van der Waals surface area (Å²) in [4.78, 5) is 2.88. The number of nitrogens with zero attached hydrogens (tertiary/aromatic N) is 1. The Morgan fingerprint density at radius 1 is 1.14 bits per heavy atom. The van der Waals surface area contributed by atoms with Crippen molar-refractivity contribution in [2.75, 3.05) is 7.11 Å². The van der Waals surface area contributed by atoms with E-state index >= 15 is 0 Å². The van der Waals surface area contributed by atoms with Crippen LogP contribution < -0.4 is 9.46 Å². The summed E-state index contributed by atoms with van der Waals surface area (Å²) in [5, 5.41) is 0.